The molecule has 1 N–H and O–H groups in total. The van der Waals surface area contributed by atoms with Crippen LogP contribution in [0.3, 0.4) is 0 Å². The average molecular weight is 423 g/mol. The molecule has 1 atom stereocenters. The molecular weight excluding hydrogens is 395 g/mol. The maximum atomic E-state index is 13.2. The third-order valence-corrected chi connectivity index (χ3v) is 5.35. The van der Waals surface area contributed by atoms with Crippen LogP contribution in [0.25, 0.3) is 0 Å². The third kappa shape index (κ3) is 6.45. The minimum absolute atomic E-state index is 0.0688. The van der Waals surface area contributed by atoms with E-state index in [1.807, 2.05) is 38.1 Å². The van der Waals surface area contributed by atoms with Gasteiger partial charge in [-0.25, -0.2) is 12.8 Å². The summed E-state index contributed by atoms with van der Waals surface area (Å²) in [4.78, 5) is 12.8. The van der Waals surface area contributed by atoms with Gasteiger partial charge in [-0.15, -0.1) is 0 Å². The van der Waals surface area contributed by atoms with Gasteiger partial charge in [0.2, 0.25) is 15.9 Å². The first-order valence-electron chi connectivity index (χ1n) is 9.40. The van der Waals surface area contributed by atoms with Gasteiger partial charge in [0.1, 0.15) is 17.6 Å². The summed E-state index contributed by atoms with van der Waals surface area (Å²) in [6, 6.07) is 11.4. The number of hydrogen-bond donors (Lipinski definition) is 1. The molecule has 0 unspecified atom stereocenters. The second kappa shape index (κ2) is 9.73. The predicted octanol–water partition coefficient (Wildman–Crippen LogP) is 3.47. The first-order valence-corrected chi connectivity index (χ1v) is 11.2. The molecule has 0 fully saturated rings. The Kier molecular flexibility index (Phi) is 7.61. The minimum Gasteiger partial charge on any atom is -0.491 e. The Morgan fingerprint density at radius 2 is 1.69 bits per heavy atom. The molecule has 2 aromatic carbocycles. The number of benzene rings is 2. The van der Waals surface area contributed by atoms with Crippen LogP contribution in [0.4, 0.5) is 10.1 Å². The molecule has 0 aliphatic carbocycles. The van der Waals surface area contributed by atoms with Crippen LogP contribution in [-0.2, 0) is 21.4 Å². The monoisotopic (exact) mass is 422 g/mol. The standard InChI is InChI=1S/C21H27FN2O4S/c1-5-20(24(29(4,26)27)18-10-8-17(22)9-11-18)21(25)23-14-16-6-12-19(13-7-16)28-15(2)3/h6-13,15,20H,5,14H2,1-4H3,(H,23,25)/t20-/m1/s1. The summed E-state index contributed by atoms with van der Waals surface area (Å²) in [6.45, 7) is 5.85. The Morgan fingerprint density at radius 1 is 1.10 bits per heavy atom. The maximum absolute atomic E-state index is 13.2. The van der Waals surface area contributed by atoms with Gasteiger partial charge in [-0.05, 0) is 62.2 Å². The second-order valence-corrected chi connectivity index (χ2v) is 8.85. The Labute approximate surface area is 171 Å². The number of nitrogens with zero attached hydrogens (tertiary/aromatic N) is 1. The molecule has 0 aliphatic rings. The summed E-state index contributed by atoms with van der Waals surface area (Å²) < 4.78 is 44.6. The number of halogens is 1. The first-order chi connectivity index (χ1) is 13.6. The first kappa shape index (κ1) is 22.7. The van der Waals surface area contributed by atoms with Gasteiger partial charge in [-0.3, -0.25) is 9.10 Å². The molecule has 2 rings (SSSR count). The number of nitrogens with one attached hydrogen (secondary N) is 1. The van der Waals surface area contributed by atoms with Gasteiger partial charge in [-0.2, -0.15) is 0 Å². The number of ether oxygens (including phenoxy) is 1. The summed E-state index contributed by atoms with van der Waals surface area (Å²) in [6.07, 6.45) is 1.36. The molecule has 1 amide bonds. The molecule has 0 aliphatic heterocycles. The number of carbonyl (C=O) groups is 1. The molecule has 2 aromatic rings. The Hall–Kier alpha value is -2.61. The smallest absolute Gasteiger partial charge is 0.244 e. The second-order valence-electron chi connectivity index (χ2n) is 6.99. The molecule has 8 heteroatoms. The highest BCUT2D eigenvalue weighted by Crippen LogP contribution is 2.23. The molecule has 0 spiro atoms. The number of anilines is 1. The molecule has 0 saturated carbocycles. The van der Waals surface area contributed by atoms with Crippen LogP contribution < -0.4 is 14.4 Å². The van der Waals surface area contributed by atoms with Crippen molar-refractivity contribution in [2.75, 3.05) is 10.6 Å². The summed E-state index contributed by atoms with van der Waals surface area (Å²) in [5, 5.41) is 2.78. The van der Waals surface area contributed by atoms with E-state index in [9.17, 15) is 17.6 Å². The fraction of sp³-hybridized carbons (Fsp3) is 0.381. The number of rotatable bonds is 9. The highest BCUT2D eigenvalue weighted by Gasteiger charge is 2.31. The van der Waals surface area contributed by atoms with Gasteiger partial charge in [-0.1, -0.05) is 19.1 Å². The van der Waals surface area contributed by atoms with Crippen molar-refractivity contribution in [3.05, 3.63) is 59.9 Å². The van der Waals surface area contributed by atoms with Crippen molar-refractivity contribution in [2.45, 2.75) is 45.9 Å². The van der Waals surface area contributed by atoms with Gasteiger partial charge in [0.25, 0.3) is 0 Å². The van der Waals surface area contributed by atoms with Crippen molar-refractivity contribution in [3.8, 4) is 5.75 Å². The zero-order valence-electron chi connectivity index (χ0n) is 17.1. The quantitative estimate of drug-likeness (QED) is 0.671. The Morgan fingerprint density at radius 3 is 2.17 bits per heavy atom. The number of carbonyl (C=O) groups excluding carboxylic acids is 1. The zero-order chi connectivity index (χ0) is 21.6. The van der Waals surface area contributed by atoms with E-state index < -0.39 is 27.8 Å². The number of sulfonamides is 1. The summed E-state index contributed by atoms with van der Waals surface area (Å²) in [7, 11) is -3.75. The fourth-order valence-electron chi connectivity index (χ4n) is 2.91. The van der Waals surface area contributed by atoms with E-state index in [0.717, 1.165) is 21.9 Å². The van der Waals surface area contributed by atoms with Crippen LogP contribution in [0.2, 0.25) is 0 Å². The van der Waals surface area contributed by atoms with E-state index in [1.54, 1.807) is 6.92 Å². The predicted molar refractivity (Wildman–Crippen MR) is 112 cm³/mol. The zero-order valence-corrected chi connectivity index (χ0v) is 17.9. The van der Waals surface area contributed by atoms with Crippen molar-refractivity contribution in [2.24, 2.45) is 0 Å². The van der Waals surface area contributed by atoms with E-state index in [1.165, 1.54) is 24.3 Å². The highest BCUT2D eigenvalue weighted by molar-refractivity contribution is 7.92. The lowest BCUT2D eigenvalue weighted by Gasteiger charge is -2.30. The van der Waals surface area contributed by atoms with Crippen LogP contribution in [-0.4, -0.2) is 32.7 Å². The van der Waals surface area contributed by atoms with Crippen molar-refractivity contribution < 1.29 is 22.3 Å². The summed E-state index contributed by atoms with van der Waals surface area (Å²) >= 11 is 0. The lowest BCUT2D eigenvalue weighted by Crippen LogP contribution is -2.49. The summed E-state index contributed by atoms with van der Waals surface area (Å²) in [5.41, 5.74) is 1.10. The molecular formula is C21H27FN2O4S. The van der Waals surface area contributed by atoms with Gasteiger partial charge in [0.05, 0.1) is 18.0 Å². The molecule has 0 saturated heterocycles. The maximum Gasteiger partial charge on any atom is 0.244 e. The van der Waals surface area contributed by atoms with E-state index in [4.69, 9.17) is 4.74 Å². The van der Waals surface area contributed by atoms with Crippen LogP contribution in [0.1, 0.15) is 32.8 Å². The Balaban J connectivity index is 2.14. The largest absolute Gasteiger partial charge is 0.491 e. The lowest BCUT2D eigenvalue weighted by molar-refractivity contribution is -0.122. The van der Waals surface area contributed by atoms with Crippen molar-refractivity contribution in [1.29, 1.82) is 0 Å². The topological polar surface area (TPSA) is 75.7 Å². The average Bonchev–Trinajstić information content (AvgIpc) is 2.65. The normalized spacial score (nSPS) is 12.5. The molecule has 29 heavy (non-hydrogen) atoms. The number of amides is 1. The molecule has 158 valence electrons. The van der Waals surface area contributed by atoms with E-state index in [2.05, 4.69) is 5.32 Å². The molecule has 6 nitrogen and oxygen atoms in total. The van der Waals surface area contributed by atoms with Crippen LogP contribution >= 0.6 is 0 Å². The fourth-order valence-corrected chi connectivity index (χ4v) is 4.13. The molecule has 0 aromatic heterocycles. The summed E-state index contributed by atoms with van der Waals surface area (Å²) in [5.74, 6) is -0.171. The van der Waals surface area contributed by atoms with E-state index in [-0.39, 0.29) is 24.8 Å². The molecule has 0 bridgehead atoms. The van der Waals surface area contributed by atoms with E-state index in [0.29, 0.717) is 0 Å². The lowest BCUT2D eigenvalue weighted by atomic mass is 10.1. The van der Waals surface area contributed by atoms with Crippen molar-refractivity contribution in [1.82, 2.24) is 5.32 Å². The molecule has 0 radical (unpaired) electrons. The van der Waals surface area contributed by atoms with Crippen molar-refractivity contribution >= 4 is 21.6 Å². The van der Waals surface area contributed by atoms with Crippen LogP contribution in [0, 0.1) is 5.82 Å². The van der Waals surface area contributed by atoms with Crippen LogP contribution in [0.5, 0.6) is 5.75 Å². The van der Waals surface area contributed by atoms with Crippen molar-refractivity contribution in [3.63, 3.8) is 0 Å². The highest BCUT2D eigenvalue weighted by atomic mass is 32.2. The SMILES string of the molecule is CC[C@H](C(=O)NCc1ccc(OC(C)C)cc1)N(c1ccc(F)cc1)S(C)(=O)=O. The number of hydrogen-bond acceptors (Lipinski definition) is 4. The van der Waals surface area contributed by atoms with E-state index >= 15 is 0 Å². The van der Waals surface area contributed by atoms with Gasteiger partial charge in [0.15, 0.2) is 0 Å². The van der Waals surface area contributed by atoms with Gasteiger partial charge < -0.3 is 10.1 Å². The minimum atomic E-state index is -3.75. The molecule has 0 heterocycles. The van der Waals surface area contributed by atoms with Gasteiger partial charge in [0, 0.05) is 6.54 Å². The van der Waals surface area contributed by atoms with Gasteiger partial charge >= 0.3 is 0 Å². The van der Waals surface area contributed by atoms with Crippen LogP contribution in [0.15, 0.2) is 48.5 Å². The third-order valence-electron chi connectivity index (χ3n) is 4.17. The Bertz CT molecular complexity index is 913.